The minimum Gasteiger partial charge on any atom is -0.338 e. The summed E-state index contributed by atoms with van der Waals surface area (Å²) >= 11 is 3.36. The maximum absolute atomic E-state index is 13.1. The van der Waals surface area contributed by atoms with E-state index in [1.807, 2.05) is 17.0 Å². The Labute approximate surface area is 143 Å². The average molecular weight is 377 g/mol. The Balaban J connectivity index is 1.79. The fraction of sp³-hybridized carbons (Fsp3) is 0.333. The van der Waals surface area contributed by atoms with Crippen LogP contribution in [-0.4, -0.2) is 28.9 Å². The molecule has 0 spiro atoms. The van der Waals surface area contributed by atoms with Gasteiger partial charge in [0, 0.05) is 35.9 Å². The highest BCUT2D eigenvalue weighted by atomic mass is 79.9. The average Bonchev–Trinajstić information content (AvgIpc) is 2.81. The summed E-state index contributed by atoms with van der Waals surface area (Å²) in [6.45, 7) is 1.42. The lowest BCUT2D eigenvalue weighted by Crippen LogP contribution is -2.34. The van der Waals surface area contributed by atoms with Gasteiger partial charge in [-0.1, -0.05) is 18.6 Å². The maximum atomic E-state index is 13.1. The third-order valence-electron chi connectivity index (χ3n) is 4.25. The molecule has 0 N–H and O–H groups in total. The summed E-state index contributed by atoms with van der Waals surface area (Å²) < 4.78 is 13.9. The first-order chi connectivity index (χ1) is 11.1. The first-order valence-corrected chi connectivity index (χ1v) is 8.58. The van der Waals surface area contributed by atoms with Gasteiger partial charge in [-0.15, -0.1) is 0 Å². The Morgan fingerprint density at radius 3 is 2.74 bits per heavy atom. The van der Waals surface area contributed by atoms with Crippen molar-refractivity contribution in [1.82, 2.24) is 9.88 Å². The molecule has 1 aromatic heterocycles. The van der Waals surface area contributed by atoms with Crippen LogP contribution in [0.1, 0.15) is 41.1 Å². The molecule has 1 amide bonds. The molecule has 0 unspecified atom stereocenters. The van der Waals surface area contributed by atoms with Gasteiger partial charge in [0.2, 0.25) is 0 Å². The topological polar surface area (TPSA) is 33.2 Å². The van der Waals surface area contributed by atoms with Crippen molar-refractivity contribution in [2.45, 2.75) is 25.2 Å². The lowest BCUT2D eigenvalue weighted by atomic mass is 9.94. The van der Waals surface area contributed by atoms with Crippen molar-refractivity contribution < 1.29 is 9.18 Å². The van der Waals surface area contributed by atoms with E-state index in [9.17, 15) is 9.18 Å². The van der Waals surface area contributed by atoms with Gasteiger partial charge in [0.15, 0.2) is 0 Å². The van der Waals surface area contributed by atoms with Crippen molar-refractivity contribution in [3.63, 3.8) is 0 Å². The van der Waals surface area contributed by atoms with E-state index < -0.39 is 0 Å². The molecule has 0 aliphatic carbocycles. The molecule has 5 heteroatoms. The zero-order valence-electron chi connectivity index (χ0n) is 12.7. The van der Waals surface area contributed by atoms with Crippen molar-refractivity contribution in [1.29, 1.82) is 0 Å². The highest BCUT2D eigenvalue weighted by Gasteiger charge is 2.24. The monoisotopic (exact) mass is 376 g/mol. The minimum atomic E-state index is -0.226. The summed E-state index contributed by atoms with van der Waals surface area (Å²) in [7, 11) is 0. The van der Waals surface area contributed by atoms with Crippen LogP contribution in [0.25, 0.3) is 0 Å². The molecule has 1 aliphatic rings. The Bertz CT molecular complexity index is 690. The van der Waals surface area contributed by atoms with Crippen LogP contribution in [0.5, 0.6) is 0 Å². The van der Waals surface area contributed by atoms with Crippen LogP contribution in [0.2, 0.25) is 0 Å². The van der Waals surface area contributed by atoms with Gasteiger partial charge >= 0.3 is 0 Å². The molecule has 2 heterocycles. The number of halogens is 2. The molecular weight excluding hydrogens is 359 g/mol. The molecule has 1 atom stereocenters. The molecule has 120 valence electrons. The second kappa shape index (κ2) is 7.21. The second-order valence-corrected chi connectivity index (χ2v) is 6.80. The quantitative estimate of drug-likeness (QED) is 0.778. The molecule has 0 bridgehead atoms. The van der Waals surface area contributed by atoms with Crippen molar-refractivity contribution in [3.8, 4) is 0 Å². The van der Waals surface area contributed by atoms with E-state index in [2.05, 4.69) is 20.9 Å². The van der Waals surface area contributed by atoms with Gasteiger partial charge < -0.3 is 4.90 Å². The summed E-state index contributed by atoms with van der Waals surface area (Å²) in [5.41, 5.74) is 1.69. The number of benzene rings is 1. The molecule has 3 rings (SSSR count). The zero-order valence-corrected chi connectivity index (χ0v) is 14.3. The van der Waals surface area contributed by atoms with E-state index in [0.29, 0.717) is 12.1 Å². The highest BCUT2D eigenvalue weighted by Crippen LogP contribution is 2.27. The third-order valence-corrected chi connectivity index (χ3v) is 4.69. The molecule has 0 radical (unpaired) electrons. The van der Waals surface area contributed by atoms with Crippen LogP contribution < -0.4 is 0 Å². The predicted molar refractivity (Wildman–Crippen MR) is 90.8 cm³/mol. The number of carbonyl (C=O) groups excluding carboxylic acids is 1. The van der Waals surface area contributed by atoms with Crippen molar-refractivity contribution >= 4 is 21.8 Å². The number of hydrogen-bond acceptors (Lipinski definition) is 2. The third kappa shape index (κ3) is 3.96. The number of carbonyl (C=O) groups is 1. The molecule has 3 nitrogen and oxygen atoms in total. The van der Waals surface area contributed by atoms with Crippen LogP contribution in [0, 0.1) is 5.82 Å². The molecular formula is C18H18BrFN2O. The first-order valence-electron chi connectivity index (χ1n) is 7.79. The number of amides is 1. The Kier molecular flexibility index (Phi) is 5.06. The Morgan fingerprint density at radius 2 is 2.00 bits per heavy atom. The van der Waals surface area contributed by atoms with E-state index in [4.69, 9.17) is 0 Å². The zero-order chi connectivity index (χ0) is 16.2. The summed E-state index contributed by atoms with van der Waals surface area (Å²) in [6.07, 6.45) is 6.35. The molecule has 0 saturated carbocycles. The maximum Gasteiger partial charge on any atom is 0.255 e. The number of likely N-dealkylation sites (tertiary alicyclic amines) is 1. The van der Waals surface area contributed by atoms with Gasteiger partial charge in [0.25, 0.3) is 5.91 Å². The normalized spacial score (nSPS) is 18.5. The van der Waals surface area contributed by atoms with Crippen molar-refractivity contribution in [3.05, 3.63) is 64.1 Å². The van der Waals surface area contributed by atoms with Crippen LogP contribution >= 0.6 is 15.9 Å². The number of hydrogen-bond donors (Lipinski definition) is 0. The van der Waals surface area contributed by atoms with Crippen LogP contribution in [0.15, 0.2) is 47.2 Å². The number of aromatic nitrogens is 1. The fourth-order valence-corrected chi connectivity index (χ4v) is 3.41. The van der Waals surface area contributed by atoms with Gasteiger partial charge in [-0.05, 0) is 52.5 Å². The largest absolute Gasteiger partial charge is 0.338 e. The Hall–Kier alpha value is -1.75. The lowest BCUT2D eigenvalue weighted by Gasteiger charge is -2.25. The summed E-state index contributed by atoms with van der Waals surface area (Å²) in [5, 5.41) is 0. The molecule has 2 aromatic rings. The Morgan fingerprint density at radius 1 is 1.22 bits per heavy atom. The summed E-state index contributed by atoms with van der Waals surface area (Å²) in [4.78, 5) is 18.7. The standard InChI is InChI=1S/C18H18BrFN2O/c19-16-9-15(10-21-11-16)18(23)22-8-2-1-3-14(12-22)13-4-6-17(20)7-5-13/h4-7,9-11,14H,1-3,8,12H2/t14-/m1/s1. The van der Waals surface area contributed by atoms with Gasteiger partial charge in [-0.2, -0.15) is 0 Å². The molecule has 1 fully saturated rings. The minimum absolute atomic E-state index is 0.00723. The SMILES string of the molecule is O=C(c1cncc(Br)c1)N1CCCC[C@@H](c2ccc(F)cc2)C1. The number of pyridine rings is 1. The van der Waals surface area contributed by atoms with E-state index in [0.717, 1.165) is 35.8 Å². The molecule has 23 heavy (non-hydrogen) atoms. The van der Waals surface area contributed by atoms with Gasteiger partial charge in [-0.3, -0.25) is 9.78 Å². The highest BCUT2D eigenvalue weighted by molar-refractivity contribution is 9.10. The van der Waals surface area contributed by atoms with E-state index >= 15 is 0 Å². The fourth-order valence-electron chi connectivity index (χ4n) is 3.04. The van der Waals surface area contributed by atoms with Gasteiger partial charge in [-0.25, -0.2) is 4.39 Å². The molecule has 1 aromatic carbocycles. The smallest absolute Gasteiger partial charge is 0.255 e. The predicted octanol–water partition coefficient (Wildman–Crippen LogP) is 4.39. The van der Waals surface area contributed by atoms with Gasteiger partial charge in [0.05, 0.1) is 5.56 Å². The van der Waals surface area contributed by atoms with Crippen LogP contribution in [0.3, 0.4) is 0 Å². The first kappa shape index (κ1) is 16.1. The van der Waals surface area contributed by atoms with Gasteiger partial charge in [0.1, 0.15) is 5.82 Å². The molecule has 1 aliphatic heterocycles. The number of nitrogens with zero attached hydrogens (tertiary/aromatic N) is 2. The van der Waals surface area contributed by atoms with E-state index in [1.165, 1.54) is 12.1 Å². The molecule has 1 saturated heterocycles. The van der Waals surface area contributed by atoms with E-state index in [-0.39, 0.29) is 17.6 Å². The van der Waals surface area contributed by atoms with Crippen LogP contribution in [-0.2, 0) is 0 Å². The lowest BCUT2D eigenvalue weighted by molar-refractivity contribution is 0.0754. The second-order valence-electron chi connectivity index (χ2n) is 5.89. The van der Waals surface area contributed by atoms with Crippen LogP contribution in [0.4, 0.5) is 4.39 Å². The summed E-state index contributed by atoms with van der Waals surface area (Å²) in [6, 6.07) is 8.44. The van der Waals surface area contributed by atoms with E-state index in [1.54, 1.807) is 18.5 Å². The van der Waals surface area contributed by atoms with Crippen molar-refractivity contribution in [2.75, 3.05) is 13.1 Å². The summed E-state index contributed by atoms with van der Waals surface area (Å²) in [5.74, 6) is 0.0329. The van der Waals surface area contributed by atoms with Crippen molar-refractivity contribution in [2.24, 2.45) is 0 Å². The number of rotatable bonds is 2.